The van der Waals surface area contributed by atoms with Crippen molar-refractivity contribution in [3.05, 3.63) is 11.4 Å². The van der Waals surface area contributed by atoms with E-state index in [1.54, 1.807) is 6.92 Å². The number of hydrogen-bond acceptors (Lipinski definition) is 4. The summed E-state index contributed by atoms with van der Waals surface area (Å²) in [4.78, 5) is 14.3. The average molecular weight is 251 g/mol. The zero-order chi connectivity index (χ0) is 13.3. The fourth-order valence-electron chi connectivity index (χ4n) is 2.29. The lowest BCUT2D eigenvalue weighted by atomic mass is 9.99. The number of aryl methyl sites for hydroxylation is 1. The molecule has 4 N–H and O–H groups in total. The molecule has 1 fully saturated rings. The Morgan fingerprint density at radius 3 is 2.89 bits per heavy atom. The number of nitrogens with zero attached hydrogens (tertiary/aromatic N) is 2. The number of likely N-dealkylation sites (tertiary alicyclic amines) is 1. The topological polar surface area (TPSA) is 87.0 Å². The molecule has 1 amide bonds. The summed E-state index contributed by atoms with van der Waals surface area (Å²) < 4.78 is 0. The first-order valence-corrected chi connectivity index (χ1v) is 6.30. The lowest BCUT2D eigenvalue weighted by molar-refractivity contribution is 0.0892. The van der Waals surface area contributed by atoms with Gasteiger partial charge in [0.05, 0.1) is 11.4 Å². The zero-order valence-electron chi connectivity index (χ0n) is 11.2. The number of nitrogens with one attached hydrogen (secondary N) is 2. The van der Waals surface area contributed by atoms with Gasteiger partial charge in [-0.15, -0.1) is 0 Å². The van der Waals surface area contributed by atoms with E-state index in [0.29, 0.717) is 17.4 Å². The van der Waals surface area contributed by atoms with E-state index >= 15 is 0 Å². The highest BCUT2D eigenvalue weighted by molar-refractivity contribution is 5.97. The molecule has 6 nitrogen and oxygen atoms in total. The van der Waals surface area contributed by atoms with E-state index in [1.807, 2.05) is 0 Å². The first-order chi connectivity index (χ1) is 8.49. The number of H-pyrrole nitrogens is 1. The van der Waals surface area contributed by atoms with Crippen LogP contribution in [0.2, 0.25) is 0 Å². The Kier molecular flexibility index (Phi) is 3.56. The van der Waals surface area contributed by atoms with Crippen LogP contribution in [0.5, 0.6) is 0 Å². The Balaban J connectivity index is 1.98. The number of piperidine rings is 1. The normalized spacial score (nSPS) is 25.1. The highest BCUT2D eigenvalue weighted by Gasteiger charge is 2.25. The van der Waals surface area contributed by atoms with E-state index in [2.05, 4.69) is 34.4 Å². The van der Waals surface area contributed by atoms with Crippen molar-refractivity contribution in [2.24, 2.45) is 0 Å². The molecule has 1 saturated heterocycles. The van der Waals surface area contributed by atoms with E-state index in [-0.39, 0.29) is 11.9 Å². The van der Waals surface area contributed by atoms with Crippen molar-refractivity contribution in [2.75, 3.05) is 19.3 Å². The monoisotopic (exact) mass is 251 g/mol. The second kappa shape index (κ2) is 4.97. The summed E-state index contributed by atoms with van der Waals surface area (Å²) in [6, 6.07) is 0.697. The molecule has 6 heteroatoms. The molecule has 0 bridgehead atoms. The summed E-state index contributed by atoms with van der Waals surface area (Å²) in [6.07, 6.45) is 1.93. The smallest absolute Gasteiger partial charge is 0.274 e. The molecule has 2 atom stereocenters. The molecule has 0 aromatic carbocycles. The molecule has 100 valence electrons. The second-order valence-corrected chi connectivity index (χ2v) is 5.14. The highest BCUT2D eigenvalue weighted by Crippen LogP contribution is 2.17. The van der Waals surface area contributed by atoms with E-state index < -0.39 is 0 Å². The van der Waals surface area contributed by atoms with Gasteiger partial charge in [0.1, 0.15) is 0 Å². The molecule has 1 aromatic heterocycles. The number of aromatic nitrogens is 2. The molecule has 1 aliphatic heterocycles. The highest BCUT2D eigenvalue weighted by atomic mass is 16.2. The van der Waals surface area contributed by atoms with E-state index in [1.165, 1.54) is 0 Å². The van der Waals surface area contributed by atoms with Crippen molar-refractivity contribution in [2.45, 2.75) is 38.8 Å². The van der Waals surface area contributed by atoms with Gasteiger partial charge in [-0.05, 0) is 33.7 Å². The summed E-state index contributed by atoms with van der Waals surface area (Å²) >= 11 is 0. The van der Waals surface area contributed by atoms with Crippen LogP contribution in [0, 0.1) is 6.92 Å². The van der Waals surface area contributed by atoms with Gasteiger partial charge in [0.2, 0.25) is 0 Å². The number of nitrogen functional groups attached to an aromatic ring is 1. The number of nitrogens with two attached hydrogens (primary N) is 1. The lowest BCUT2D eigenvalue weighted by Crippen LogP contribution is -2.47. The van der Waals surface area contributed by atoms with Gasteiger partial charge in [-0.1, -0.05) is 0 Å². The molecule has 1 aromatic rings. The van der Waals surface area contributed by atoms with Crippen LogP contribution in [0.4, 0.5) is 5.69 Å². The first-order valence-electron chi connectivity index (χ1n) is 6.30. The Hall–Kier alpha value is -1.56. The maximum atomic E-state index is 12.0. The number of carbonyl (C=O) groups is 1. The summed E-state index contributed by atoms with van der Waals surface area (Å²) in [6.45, 7) is 4.98. The van der Waals surface area contributed by atoms with Crippen LogP contribution in [0.25, 0.3) is 0 Å². The minimum Gasteiger partial charge on any atom is -0.395 e. The second-order valence-electron chi connectivity index (χ2n) is 5.14. The van der Waals surface area contributed by atoms with Gasteiger partial charge in [0, 0.05) is 18.6 Å². The molecule has 2 heterocycles. The molecule has 2 rings (SSSR count). The van der Waals surface area contributed by atoms with Gasteiger partial charge >= 0.3 is 0 Å². The minimum atomic E-state index is -0.182. The third-order valence-corrected chi connectivity index (χ3v) is 3.75. The van der Waals surface area contributed by atoms with E-state index in [4.69, 9.17) is 5.73 Å². The zero-order valence-corrected chi connectivity index (χ0v) is 11.2. The molecular weight excluding hydrogens is 230 g/mol. The van der Waals surface area contributed by atoms with Gasteiger partial charge in [-0.3, -0.25) is 9.89 Å². The van der Waals surface area contributed by atoms with Gasteiger partial charge in [0.25, 0.3) is 5.91 Å². The fraction of sp³-hybridized carbons (Fsp3) is 0.667. The van der Waals surface area contributed by atoms with Gasteiger partial charge in [-0.25, -0.2) is 0 Å². The number of amides is 1. The average Bonchev–Trinajstić information content (AvgIpc) is 2.65. The van der Waals surface area contributed by atoms with Crippen LogP contribution in [-0.4, -0.2) is 46.7 Å². The molecule has 0 saturated carbocycles. The first kappa shape index (κ1) is 12.9. The van der Waals surface area contributed by atoms with Crippen LogP contribution >= 0.6 is 0 Å². The number of carbonyl (C=O) groups excluding carboxylic acids is 1. The largest absolute Gasteiger partial charge is 0.395 e. The standard InChI is InChI=1S/C12H21N5O/c1-7-6-9(4-5-17(7)3)14-12(18)11-10(13)8(2)15-16-11/h7,9H,4-6,13H2,1-3H3,(H,14,18)(H,15,16). The van der Waals surface area contributed by atoms with Crippen LogP contribution in [0.15, 0.2) is 0 Å². The van der Waals surface area contributed by atoms with Crippen LogP contribution in [-0.2, 0) is 0 Å². The lowest BCUT2D eigenvalue weighted by Gasteiger charge is -2.35. The third-order valence-electron chi connectivity index (χ3n) is 3.75. The van der Waals surface area contributed by atoms with Crippen LogP contribution in [0.1, 0.15) is 35.9 Å². The van der Waals surface area contributed by atoms with Crippen molar-refractivity contribution in [1.29, 1.82) is 0 Å². The molecule has 1 aliphatic rings. The van der Waals surface area contributed by atoms with Crippen molar-refractivity contribution < 1.29 is 4.79 Å². The number of anilines is 1. The van der Waals surface area contributed by atoms with E-state index in [0.717, 1.165) is 25.1 Å². The van der Waals surface area contributed by atoms with Crippen molar-refractivity contribution >= 4 is 11.6 Å². The summed E-state index contributed by atoms with van der Waals surface area (Å²) in [5.74, 6) is -0.182. The number of aromatic amines is 1. The Morgan fingerprint density at radius 2 is 2.33 bits per heavy atom. The van der Waals surface area contributed by atoms with Crippen molar-refractivity contribution in [3.63, 3.8) is 0 Å². The Labute approximate surface area is 107 Å². The molecule has 0 radical (unpaired) electrons. The molecule has 2 unspecified atom stereocenters. The molecule has 0 aliphatic carbocycles. The maximum absolute atomic E-state index is 12.0. The molecule has 18 heavy (non-hydrogen) atoms. The van der Waals surface area contributed by atoms with E-state index in [9.17, 15) is 4.79 Å². The third kappa shape index (κ3) is 2.48. The number of rotatable bonds is 2. The fourth-order valence-corrected chi connectivity index (χ4v) is 2.29. The van der Waals surface area contributed by atoms with Gasteiger partial charge < -0.3 is 16.0 Å². The minimum absolute atomic E-state index is 0.182. The quantitative estimate of drug-likeness (QED) is 0.715. The van der Waals surface area contributed by atoms with Crippen molar-refractivity contribution in [3.8, 4) is 0 Å². The van der Waals surface area contributed by atoms with Gasteiger partial charge in [0.15, 0.2) is 5.69 Å². The van der Waals surface area contributed by atoms with Gasteiger partial charge in [-0.2, -0.15) is 5.10 Å². The number of hydrogen-bond donors (Lipinski definition) is 3. The molecular formula is C12H21N5O. The predicted octanol–water partition coefficient (Wildman–Crippen LogP) is 0.513. The molecule has 0 spiro atoms. The van der Waals surface area contributed by atoms with Crippen molar-refractivity contribution in [1.82, 2.24) is 20.4 Å². The maximum Gasteiger partial charge on any atom is 0.274 e. The predicted molar refractivity (Wildman–Crippen MR) is 70.3 cm³/mol. The summed E-state index contributed by atoms with van der Waals surface area (Å²) in [7, 11) is 2.11. The Bertz CT molecular complexity index is 442. The van der Waals surface area contributed by atoms with Crippen LogP contribution < -0.4 is 11.1 Å². The van der Waals surface area contributed by atoms with Crippen LogP contribution in [0.3, 0.4) is 0 Å². The summed E-state index contributed by atoms with van der Waals surface area (Å²) in [5.41, 5.74) is 7.27. The SMILES string of the molecule is Cc1[nH]nc(C(=O)NC2CCN(C)C(C)C2)c1N. The summed E-state index contributed by atoms with van der Waals surface area (Å²) in [5, 5.41) is 9.68. The Morgan fingerprint density at radius 1 is 1.61 bits per heavy atom.